The minimum Gasteiger partial charge on any atom is -0.384 e. The molecule has 17 heavy (non-hydrogen) atoms. The molecule has 4 N–H and O–H groups in total. The van der Waals surface area contributed by atoms with E-state index >= 15 is 0 Å². The van der Waals surface area contributed by atoms with Crippen LogP contribution in [0.2, 0.25) is 0 Å². The molecular weight excluding hydrogens is 212 g/mol. The Kier molecular flexibility index (Phi) is 2.57. The van der Waals surface area contributed by atoms with Gasteiger partial charge in [0, 0.05) is 35.2 Å². The monoisotopic (exact) mass is 228 g/mol. The number of nitrogens with zero attached hydrogens (tertiary/aromatic N) is 1. The number of nitrogen functional groups attached to an aromatic ring is 1. The van der Waals surface area contributed by atoms with Crippen LogP contribution in [-0.4, -0.2) is 24.1 Å². The van der Waals surface area contributed by atoms with Crippen LogP contribution in [-0.2, 0) is 0 Å². The highest BCUT2D eigenvalue weighted by atomic mass is 15.0. The Morgan fingerprint density at radius 3 is 3.18 bits per heavy atom. The largest absolute Gasteiger partial charge is 0.384 e. The van der Waals surface area contributed by atoms with E-state index in [0.717, 1.165) is 36.0 Å². The van der Waals surface area contributed by atoms with Gasteiger partial charge in [0.25, 0.3) is 0 Å². The molecule has 4 nitrogen and oxygen atoms in total. The molecule has 1 aliphatic rings. The topological polar surface area (TPSA) is 63.0 Å². The summed E-state index contributed by atoms with van der Waals surface area (Å²) >= 11 is 0. The van der Waals surface area contributed by atoms with Gasteiger partial charge >= 0.3 is 0 Å². The molecule has 2 heterocycles. The molecule has 0 amide bonds. The van der Waals surface area contributed by atoms with Gasteiger partial charge in [0.15, 0.2) is 0 Å². The average Bonchev–Trinajstić information content (AvgIpc) is 2.83. The average molecular weight is 228 g/mol. The molecule has 1 aromatic heterocycles. The molecule has 0 spiro atoms. The van der Waals surface area contributed by atoms with Gasteiger partial charge in [0.05, 0.1) is 0 Å². The second kappa shape index (κ2) is 4.22. The number of hydrogen-bond donors (Lipinski definition) is 3. The molecule has 0 bridgehead atoms. The van der Waals surface area contributed by atoms with E-state index in [2.05, 4.69) is 27.8 Å². The number of aromatic nitrogens is 1. The Bertz CT molecular complexity index is 532. The van der Waals surface area contributed by atoms with E-state index in [0.29, 0.717) is 11.9 Å². The summed E-state index contributed by atoms with van der Waals surface area (Å²) in [6.07, 6.45) is 2.99. The van der Waals surface area contributed by atoms with Gasteiger partial charge in [-0.2, -0.15) is 0 Å². The summed E-state index contributed by atoms with van der Waals surface area (Å²) in [5.41, 5.74) is 6.89. The molecule has 3 rings (SSSR count). The van der Waals surface area contributed by atoms with Crippen LogP contribution in [0.5, 0.6) is 0 Å². The lowest BCUT2D eigenvalue weighted by Crippen LogP contribution is -2.22. The predicted molar refractivity (Wildman–Crippen MR) is 71.1 cm³/mol. The highest BCUT2D eigenvalue weighted by Gasteiger charge is 2.14. The Hall–Kier alpha value is -1.81. The molecule has 1 aliphatic heterocycles. The molecule has 1 atom stereocenters. The summed E-state index contributed by atoms with van der Waals surface area (Å²) in [6.45, 7) is 2.11. The van der Waals surface area contributed by atoms with Crippen molar-refractivity contribution in [3.63, 3.8) is 0 Å². The van der Waals surface area contributed by atoms with Gasteiger partial charge in [0.1, 0.15) is 5.82 Å². The van der Waals surface area contributed by atoms with Crippen molar-refractivity contribution in [1.29, 1.82) is 0 Å². The van der Waals surface area contributed by atoms with E-state index in [9.17, 15) is 0 Å². The zero-order valence-corrected chi connectivity index (χ0v) is 9.61. The van der Waals surface area contributed by atoms with Crippen LogP contribution in [0.15, 0.2) is 30.5 Å². The SMILES string of the molecule is Nc1cc2c(N[C@@H]3CCNC3)cccc2cn1. The second-order valence-corrected chi connectivity index (χ2v) is 4.47. The van der Waals surface area contributed by atoms with E-state index in [4.69, 9.17) is 5.73 Å². The van der Waals surface area contributed by atoms with Crippen molar-refractivity contribution < 1.29 is 0 Å². The summed E-state index contributed by atoms with van der Waals surface area (Å²) in [7, 11) is 0. The zero-order valence-electron chi connectivity index (χ0n) is 9.61. The second-order valence-electron chi connectivity index (χ2n) is 4.47. The van der Waals surface area contributed by atoms with Crippen molar-refractivity contribution in [2.24, 2.45) is 0 Å². The normalized spacial score (nSPS) is 19.6. The van der Waals surface area contributed by atoms with E-state index in [1.807, 2.05) is 18.3 Å². The Labute approximate surface area is 100 Å². The molecule has 1 fully saturated rings. The molecular formula is C13H16N4. The zero-order chi connectivity index (χ0) is 11.7. The first kappa shape index (κ1) is 10.4. The van der Waals surface area contributed by atoms with Crippen LogP contribution < -0.4 is 16.4 Å². The first-order valence-corrected chi connectivity index (χ1v) is 5.94. The molecule has 0 aliphatic carbocycles. The quantitative estimate of drug-likeness (QED) is 0.730. The maximum Gasteiger partial charge on any atom is 0.123 e. The fourth-order valence-electron chi connectivity index (χ4n) is 2.31. The van der Waals surface area contributed by atoms with Crippen LogP contribution in [0.1, 0.15) is 6.42 Å². The number of nitrogens with one attached hydrogen (secondary N) is 2. The standard InChI is InChI=1S/C13H16N4/c14-13-6-11-9(7-16-13)2-1-3-12(11)17-10-4-5-15-8-10/h1-3,6-7,10,15,17H,4-5,8H2,(H2,14,16)/t10-/m1/s1. The predicted octanol–water partition coefficient (Wildman–Crippen LogP) is 1.59. The Balaban J connectivity index is 1.99. The third-order valence-corrected chi connectivity index (χ3v) is 3.20. The van der Waals surface area contributed by atoms with Gasteiger partial charge in [-0.25, -0.2) is 4.98 Å². The van der Waals surface area contributed by atoms with Crippen molar-refractivity contribution in [2.45, 2.75) is 12.5 Å². The minimum absolute atomic E-state index is 0.509. The number of anilines is 2. The molecule has 1 aromatic carbocycles. The number of nitrogens with two attached hydrogens (primary N) is 1. The summed E-state index contributed by atoms with van der Waals surface area (Å²) in [4.78, 5) is 4.12. The molecule has 88 valence electrons. The molecule has 2 aromatic rings. The molecule has 4 heteroatoms. The summed E-state index contributed by atoms with van der Waals surface area (Å²) in [5.74, 6) is 0.566. The number of pyridine rings is 1. The maximum absolute atomic E-state index is 5.75. The summed E-state index contributed by atoms with van der Waals surface area (Å²) < 4.78 is 0. The van der Waals surface area contributed by atoms with E-state index < -0.39 is 0 Å². The first-order valence-electron chi connectivity index (χ1n) is 5.94. The van der Waals surface area contributed by atoms with Gasteiger partial charge in [-0.1, -0.05) is 12.1 Å². The van der Waals surface area contributed by atoms with Gasteiger partial charge in [0.2, 0.25) is 0 Å². The summed E-state index contributed by atoms with van der Waals surface area (Å²) in [5, 5.41) is 9.18. The van der Waals surface area contributed by atoms with Crippen molar-refractivity contribution in [1.82, 2.24) is 10.3 Å². The first-order chi connectivity index (χ1) is 8.33. The number of hydrogen-bond acceptors (Lipinski definition) is 4. The van der Waals surface area contributed by atoms with Crippen LogP contribution >= 0.6 is 0 Å². The van der Waals surface area contributed by atoms with Gasteiger partial charge < -0.3 is 16.4 Å². The lowest BCUT2D eigenvalue weighted by molar-refractivity contribution is 0.794. The van der Waals surface area contributed by atoms with Crippen molar-refractivity contribution in [3.05, 3.63) is 30.5 Å². The number of rotatable bonds is 2. The van der Waals surface area contributed by atoms with Crippen LogP contribution in [0.3, 0.4) is 0 Å². The highest BCUT2D eigenvalue weighted by Crippen LogP contribution is 2.25. The molecule has 1 saturated heterocycles. The highest BCUT2D eigenvalue weighted by molar-refractivity contribution is 5.94. The smallest absolute Gasteiger partial charge is 0.123 e. The van der Waals surface area contributed by atoms with Gasteiger partial charge in [-0.05, 0) is 25.1 Å². The van der Waals surface area contributed by atoms with E-state index in [1.165, 1.54) is 0 Å². The van der Waals surface area contributed by atoms with Crippen molar-refractivity contribution in [3.8, 4) is 0 Å². The van der Waals surface area contributed by atoms with Crippen LogP contribution in [0, 0.1) is 0 Å². The van der Waals surface area contributed by atoms with Gasteiger partial charge in [-0.3, -0.25) is 0 Å². The Morgan fingerprint density at radius 2 is 2.35 bits per heavy atom. The van der Waals surface area contributed by atoms with E-state index in [1.54, 1.807) is 0 Å². The fourth-order valence-corrected chi connectivity index (χ4v) is 2.31. The molecule has 0 radical (unpaired) electrons. The minimum atomic E-state index is 0.509. The number of benzene rings is 1. The van der Waals surface area contributed by atoms with Gasteiger partial charge in [-0.15, -0.1) is 0 Å². The molecule has 0 unspecified atom stereocenters. The van der Waals surface area contributed by atoms with Crippen molar-refractivity contribution >= 4 is 22.3 Å². The lowest BCUT2D eigenvalue weighted by Gasteiger charge is -2.15. The third kappa shape index (κ3) is 2.03. The fraction of sp³-hybridized carbons (Fsp3) is 0.308. The third-order valence-electron chi connectivity index (χ3n) is 3.20. The maximum atomic E-state index is 5.75. The lowest BCUT2D eigenvalue weighted by atomic mass is 10.1. The van der Waals surface area contributed by atoms with Crippen molar-refractivity contribution in [2.75, 3.05) is 24.1 Å². The number of fused-ring (bicyclic) bond motifs is 1. The van der Waals surface area contributed by atoms with Crippen LogP contribution in [0.25, 0.3) is 10.8 Å². The van der Waals surface area contributed by atoms with Crippen LogP contribution in [0.4, 0.5) is 11.5 Å². The summed E-state index contributed by atoms with van der Waals surface area (Å²) in [6, 6.07) is 8.64. The van der Waals surface area contributed by atoms with E-state index in [-0.39, 0.29) is 0 Å². The Morgan fingerprint density at radius 1 is 1.41 bits per heavy atom. The molecule has 0 saturated carbocycles.